The Bertz CT molecular complexity index is 921. The number of pyridine rings is 1. The van der Waals surface area contributed by atoms with E-state index in [-0.39, 0.29) is 35.7 Å². The van der Waals surface area contributed by atoms with Crippen LogP contribution in [0.4, 0.5) is 0 Å². The molecule has 0 bridgehead atoms. The van der Waals surface area contributed by atoms with Gasteiger partial charge in [-0.3, -0.25) is 24.4 Å². The van der Waals surface area contributed by atoms with Crippen LogP contribution in [0.25, 0.3) is 0 Å². The number of phenolic OH excluding ortho intramolecular Hbond substituents is 1. The number of fused-ring (bicyclic) bond motifs is 1. The van der Waals surface area contributed by atoms with Gasteiger partial charge in [0.1, 0.15) is 11.8 Å². The van der Waals surface area contributed by atoms with Crippen LogP contribution < -0.4 is 10.6 Å². The number of likely N-dealkylation sites (tertiary alicyclic amines) is 1. The zero-order valence-corrected chi connectivity index (χ0v) is 18.4. The van der Waals surface area contributed by atoms with Crippen LogP contribution in [0.5, 0.6) is 5.75 Å². The van der Waals surface area contributed by atoms with Crippen molar-refractivity contribution < 1.29 is 14.7 Å². The third-order valence-electron chi connectivity index (χ3n) is 6.59. The van der Waals surface area contributed by atoms with Crippen molar-refractivity contribution in [2.24, 2.45) is 0 Å². The molecule has 32 heavy (non-hydrogen) atoms. The predicted molar refractivity (Wildman–Crippen MR) is 121 cm³/mol. The molecule has 0 unspecified atom stereocenters. The summed E-state index contributed by atoms with van der Waals surface area (Å²) in [5.41, 5.74) is 2.05. The molecule has 3 atom stereocenters. The van der Waals surface area contributed by atoms with Crippen molar-refractivity contribution in [1.82, 2.24) is 25.4 Å². The SMILES string of the molecule is CN1[C@@H](CCC(=O)NCc2cccnc2)CNC(=O)[C@@H]2[C@@H]1CCN2Cc1ccc(O)cc1. The molecule has 170 valence electrons. The Morgan fingerprint density at radius 3 is 2.81 bits per heavy atom. The Kier molecular flexibility index (Phi) is 7.02. The van der Waals surface area contributed by atoms with Crippen LogP contribution in [-0.4, -0.2) is 70.0 Å². The van der Waals surface area contributed by atoms with Crippen LogP contribution in [0.15, 0.2) is 48.8 Å². The normalized spacial score (nSPS) is 23.9. The average Bonchev–Trinajstić information content (AvgIpc) is 3.18. The highest BCUT2D eigenvalue weighted by molar-refractivity contribution is 5.83. The summed E-state index contributed by atoms with van der Waals surface area (Å²) in [5, 5.41) is 15.6. The predicted octanol–water partition coefficient (Wildman–Crippen LogP) is 1.26. The van der Waals surface area contributed by atoms with Crippen LogP contribution in [0.3, 0.4) is 0 Å². The lowest BCUT2D eigenvalue weighted by Gasteiger charge is -2.33. The Balaban J connectivity index is 1.32. The number of benzene rings is 1. The number of amides is 2. The van der Waals surface area contributed by atoms with E-state index in [1.807, 2.05) is 24.3 Å². The molecule has 1 aromatic heterocycles. The highest BCUT2D eigenvalue weighted by atomic mass is 16.3. The van der Waals surface area contributed by atoms with Gasteiger partial charge in [-0.1, -0.05) is 18.2 Å². The van der Waals surface area contributed by atoms with Gasteiger partial charge in [-0.25, -0.2) is 0 Å². The fraction of sp³-hybridized carbons (Fsp3) is 0.458. The van der Waals surface area contributed by atoms with Crippen molar-refractivity contribution in [3.63, 3.8) is 0 Å². The van der Waals surface area contributed by atoms with E-state index in [1.165, 1.54) is 0 Å². The Labute approximate surface area is 188 Å². The van der Waals surface area contributed by atoms with Gasteiger partial charge in [0.25, 0.3) is 0 Å². The first-order chi connectivity index (χ1) is 15.5. The summed E-state index contributed by atoms with van der Waals surface area (Å²) in [5.74, 6) is 0.309. The third-order valence-corrected chi connectivity index (χ3v) is 6.59. The lowest BCUT2D eigenvalue weighted by molar-refractivity contribution is -0.126. The topological polar surface area (TPSA) is 97.8 Å². The van der Waals surface area contributed by atoms with Crippen LogP contribution >= 0.6 is 0 Å². The lowest BCUT2D eigenvalue weighted by atomic mass is 10.0. The van der Waals surface area contributed by atoms with E-state index >= 15 is 0 Å². The summed E-state index contributed by atoms with van der Waals surface area (Å²) in [7, 11) is 2.07. The van der Waals surface area contributed by atoms with Gasteiger partial charge in [0.05, 0.1) is 0 Å². The number of likely N-dealkylation sites (N-methyl/N-ethyl adjacent to an activating group) is 1. The van der Waals surface area contributed by atoms with Gasteiger partial charge in [-0.2, -0.15) is 0 Å². The monoisotopic (exact) mass is 437 g/mol. The van der Waals surface area contributed by atoms with Gasteiger partial charge in [-0.15, -0.1) is 0 Å². The molecule has 3 heterocycles. The second-order valence-corrected chi connectivity index (χ2v) is 8.68. The van der Waals surface area contributed by atoms with Gasteiger partial charge in [0.15, 0.2) is 0 Å². The third kappa shape index (κ3) is 5.26. The summed E-state index contributed by atoms with van der Waals surface area (Å²) in [6.45, 7) is 2.53. The van der Waals surface area contributed by atoms with E-state index in [1.54, 1.807) is 24.5 Å². The van der Waals surface area contributed by atoms with Crippen molar-refractivity contribution in [3.05, 3.63) is 59.9 Å². The standard InChI is InChI=1S/C24H31N5O3/c1-28-19(6-9-22(31)26-14-18-3-2-11-25-13-18)15-27-24(32)23-21(28)10-12-29(23)16-17-4-7-20(30)8-5-17/h2-5,7-8,11,13,19,21,23,30H,6,9-10,12,14-16H2,1H3,(H,26,31)(H,27,32)/t19-,21-,23-/m0/s1. The zero-order valence-electron chi connectivity index (χ0n) is 18.4. The number of nitrogens with zero attached hydrogens (tertiary/aromatic N) is 3. The van der Waals surface area contributed by atoms with Crippen molar-refractivity contribution in [2.45, 2.75) is 50.5 Å². The van der Waals surface area contributed by atoms with E-state index in [9.17, 15) is 14.7 Å². The molecule has 0 radical (unpaired) electrons. The Morgan fingerprint density at radius 2 is 2.06 bits per heavy atom. The van der Waals surface area contributed by atoms with Crippen molar-refractivity contribution in [2.75, 3.05) is 20.1 Å². The molecule has 4 rings (SSSR count). The number of hydrogen-bond acceptors (Lipinski definition) is 6. The molecule has 0 aliphatic carbocycles. The molecular formula is C24H31N5O3. The first-order valence-electron chi connectivity index (χ1n) is 11.2. The van der Waals surface area contributed by atoms with Gasteiger partial charge in [0.2, 0.25) is 11.8 Å². The number of nitrogens with one attached hydrogen (secondary N) is 2. The maximum atomic E-state index is 12.9. The zero-order chi connectivity index (χ0) is 22.5. The molecule has 3 N–H and O–H groups in total. The maximum Gasteiger partial charge on any atom is 0.239 e. The first kappa shape index (κ1) is 22.2. The van der Waals surface area contributed by atoms with Crippen LogP contribution in [0.1, 0.15) is 30.4 Å². The van der Waals surface area contributed by atoms with E-state index < -0.39 is 0 Å². The molecule has 2 aromatic rings. The minimum Gasteiger partial charge on any atom is -0.508 e. The Hall–Kier alpha value is -2.97. The minimum absolute atomic E-state index is 0.00903. The van der Waals surface area contributed by atoms with Crippen LogP contribution in [0.2, 0.25) is 0 Å². The summed E-state index contributed by atoms with van der Waals surface area (Å²) in [4.78, 5) is 33.9. The molecule has 2 aliphatic rings. The van der Waals surface area contributed by atoms with Crippen molar-refractivity contribution in [1.29, 1.82) is 0 Å². The highest BCUT2D eigenvalue weighted by Crippen LogP contribution is 2.28. The van der Waals surface area contributed by atoms with Gasteiger partial charge in [-0.05, 0) is 49.2 Å². The molecule has 2 amide bonds. The second kappa shape index (κ2) is 10.1. The molecular weight excluding hydrogens is 406 g/mol. The van der Waals surface area contributed by atoms with E-state index in [4.69, 9.17) is 0 Å². The van der Waals surface area contributed by atoms with Crippen LogP contribution in [-0.2, 0) is 22.7 Å². The summed E-state index contributed by atoms with van der Waals surface area (Å²) >= 11 is 0. The van der Waals surface area contributed by atoms with Crippen molar-refractivity contribution >= 4 is 11.8 Å². The summed E-state index contributed by atoms with van der Waals surface area (Å²) in [6, 6.07) is 11.0. The average molecular weight is 438 g/mol. The molecule has 0 spiro atoms. The number of phenols is 1. The number of hydrogen-bond donors (Lipinski definition) is 3. The first-order valence-corrected chi connectivity index (χ1v) is 11.2. The lowest BCUT2D eigenvalue weighted by Crippen LogP contribution is -2.49. The maximum absolute atomic E-state index is 12.9. The largest absolute Gasteiger partial charge is 0.508 e. The summed E-state index contributed by atoms with van der Waals surface area (Å²) in [6.07, 6.45) is 5.48. The highest BCUT2D eigenvalue weighted by Gasteiger charge is 2.44. The van der Waals surface area contributed by atoms with E-state index in [0.29, 0.717) is 32.5 Å². The number of rotatable bonds is 7. The molecule has 1 aromatic carbocycles. The smallest absolute Gasteiger partial charge is 0.239 e. The van der Waals surface area contributed by atoms with Gasteiger partial charge >= 0.3 is 0 Å². The minimum atomic E-state index is -0.210. The molecule has 2 aliphatic heterocycles. The summed E-state index contributed by atoms with van der Waals surface area (Å²) < 4.78 is 0. The number of carbonyl (C=O) groups excluding carboxylic acids is 2. The van der Waals surface area contributed by atoms with Gasteiger partial charge in [0, 0.05) is 57.1 Å². The Morgan fingerprint density at radius 1 is 1.25 bits per heavy atom. The van der Waals surface area contributed by atoms with Crippen molar-refractivity contribution in [3.8, 4) is 5.75 Å². The number of aromatic hydroxyl groups is 1. The fourth-order valence-electron chi connectivity index (χ4n) is 4.75. The quantitative estimate of drug-likeness (QED) is 0.603. The molecule has 2 fully saturated rings. The molecule has 0 saturated carbocycles. The fourth-order valence-corrected chi connectivity index (χ4v) is 4.75. The van der Waals surface area contributed by atoms with E-state index in [0.717, 1.165) is 24.1 Å². The van der Waals surface area contributed by atoms with E-state index in [2.05, 4.69) is 32.5 Å². The number of carbonyl (C=O) groups is 2. The molecule has 8 nitrogen and oxygen atoms in total. The van der Waals surface area contributed by atoms with Gasteiger partial charge < -0.3 is 15.7 Å². The molecule has 8 heteroatoms. The molecule has 2 saturated heterocycles. The van der Waals surface area contributed by atoms with Crippen LogP contribution in [0, 0.1) is 0 Å². The number of aromatic nitrogens is 1. The second-order valence-electron chi connectivity index (χ2n) is 8.68.